The molecule has 0 atom stereocenters. The summed E-state index contributed by atoms with van der Waals surface area (Å²) in [6.45, 7) is 4.48. The molecule has 4 heteroatoms. The number of hydrogen-bond donors (Lipinski definition) is 1. The second kappa shape index (κ2) is 6.89. The zero-order valence-electron chi connectivity index (χ0n) is 10.4. The van der Waals surface area contributed by atoms with Crippen molar-refractivity contribution in [3.8, 4) is 5.88 Å². The van der Waals surface area contributed by atoms with Crippen LogP contribution in [0.25, 0.3) is 0 Å². The van der Waals surface area contributed by atoms with Crippen LogP contribution < -0.4 is 4.74 Å². The number of carboxylic acids is 1. The summed E-state index contributed by atoms with van der Waals surface area (Å²) < 4.78 is 5.43. The van der Waals surface area contributed by atoms with Crippen molar-refractivity contribution < 1.29 is 14.6 Å². The van der Waals surface area contributed by atoms with Crippen molar-refractivity contribution in [2.24, 2.45) is 0 Å². The molecule has 0 saturated heterocycles. The van der Waals surface area contributed by atoms with E-state index in [1.807, 2.05) is 6.92 Å². The molecule has 0 radical (unpaired) electrons. The third-order valence-electron chi connectivity index (χ3n) is 2.47. The van der Waals surface area contributed by atoms with Gasteiger partial charge in [0.05, 0.1) is 6.61 Å². The van der Waals surface area contributed by atoms with Gasteiger partial charge in [0, 0.05) is 5.69 Å². The Balaban J connectivity index is 2.56. The summed E-state index contributed by atoms with van der Waals surface area (Å²) in [5.41, 5.74) is 0.893. The maximum absolute atomic E-state index is 10.9. The lowest BCUT2D eigenvalue weighted by Gasteiger charge is -2.08. The van der Waals surface area contributed by atoms with E-state index in [0.717, 1.165) is 18.5 Å². The van der Waals surface area contributed by atoms with Crippen molar-refractivity contribution >= 4 is 5.97 Å². The van der Waals surface area contributed by atoms with Gasteiger partial charge in [0.1, 0.15) is 5.56 Å². The lowest BCUT2D eigenvalue weighted by atomic mass is 10.2. The Morgan fingerprint density at radius 1 is 1.35 bits per heavy atom. The van der Waals surface area contributed by atoms with Gasteiger partial charge in [-0.2, -0.15) is 0 Å². The minimum atomic E-state index is -0.999. The molecule has 4 nitrogen and oxygen atoms in total. The van der Waals surface area contributed by atoms with Crippen LogP contribution in [0.5, 0.6) is 5.88 Å². The fraction of sp³-hybridized carbons (Fsp3) is 0.538. The second-order valence-corrected chi connectivity index (χ2v) is 4.02. The van der Waals surface area contributed by atoms with Crippen LogP contribution in [0.15, 0.2) is 12.1 Å². The largest absolute Gasteiger partial charge is 0.477 e. The van der Waals surface area contributed by atoms with E-state index in [1.165, 1.54) is 18.9 Å². The average molecular weight is 237 g/mol. The standard InChI is InChI=1S/C13H19NO3/c1-3-4-5-6-9-17-12-11(13(15)16)8-7-10(2)14-12/h7-8H,3-6,9H2,1-2H3,(H,15,16). The minimum Gasteiger partial charge on any atom is -0.477 e. The quantitative estimate of drug-likeness (QED) is 0.740. The Morgan fingerprint density at radius 2 is 2.12 bits per heavy atom. The Kier molecular flexibility index (Phi) is 5.46. The summed E-state index contributed by atoms with van der Waals surface area (Å²) in [6, 6.07) is 3.21. The summed E-state index contributed by atoms with van der Waals surface area (Å²) in [7, 11) is 0. The lowest BCUT2D eigenvalue weighted by molar-refractivity contribution is 0.0691. The van der Waals surface area contributed by atoms with E-state index in [-0.39, 0.29) is 11.4 Å². The summed E-state index contributed by atoms with van der Waals surface area (Å²) in [5.74, 6) is -0.768. The van der Waals surface area contributed by atoms with Gasteiger partial charge in [0.2, 0.25) is 5.88 Å². The van der Waals surface area contributed by atoms with Gasteiger partial charge >= 0.3 is 5.97 Å². The minimum absolute atomic E-state index is 0.131. The monoisotopic (exact) mass is 237 g/mol. The van der Waals surface area contributed by atoms with Gasteiger partial charge in [-0.05, 0) is 25.5 Å². The molecule has 1 heterocycles. The van der Waals surface area contributed by atoms with E-state index in [2.05, 4.69) is 11.9 Å². The molecule has 1 N–H and O–H groups in total. The molecule has 0 aliphatic rings. The van der Waals surface area contributed by atoms with Crippen LogP contribution >= 0.6 is 0 Å². The molecule has 0 aromatic carbocycles. The van der Waals surface area contributed by atoms with E-state index in [0.29, 0.717) is 6.61 Å². The second-order valence-electron chi connectivity index (χ2n) is 4.02. The topological polar surface area (TPSA) is 59.4 Å². The Morgan fingerprint density at radius 3 is 2.76 bits per heavy atom. The fourth-order valence-corrected chi connectivity index (χ4v) is 1.50. The number of unbranched alkanes of at least 4 members (excludes halogenated alkanes) is 3. The van der Waals surface area contributed by atoms with Crippen molar-refractivity contribution in [2.75, 3.05) is 6.61 Å². The van der Waals surface area contributed by atoms with Crippen LogP contribution in [0.2, 0.25) is 0 Å². The fourth-order valence-electron chi connectivity index (χ4n) is 1.50. The molecule has 17 heavy (non-hydrogen) atoms. The molecule has 94 valence electrons. The maximum atomic E-state index is 10.9. The van der Waals surface area contributed by atoms with Crippen LogP contribution in [0.4, 0.5) is 0 Å². The Labute approximate surface area is 102 Å². The molecule has 1 aromatic heterocycles. The first-order valence-electron chi connectivity index (χ1n) is 5.99. The van der Waals surface area contributed by atoms with Gasteiger partial charge in [0.15, 0.2) is 0 Å². The molecular formula is C13H19NO3. The van der Waals surface area contributed by atoms with Gasteiger partial charge in [-0.15, -0.1) is 0 Å². The first-order chi connectivity index (χ1) is 8.15. The SMILES string of the molecule is CCCCCCOc1nc(C)ccc1C(=O)O. The maximum Gasteiger partial charge on any atom is 0.341 e. The first kappa shape index (κ1) is 13.5. The number of rotatable bonds is 7. The summed E-state index contributed by atoms with van der Waals surface area (Å²) in [5, 5.41) is 8.98. The Bertz CT molecular complexity index is 377. The number of pyridine rings is 1. The number of carboxylic acid groups (broad SMARTS) is 1. The van der Waals surface area contributed by atoms with Crippen LogP contribution in [0.3, 0.4) is 0 Å². The number of carbonyl (C=O) groups is 1. The zero-order chi connectivity index (χ0) is 12.7. The highest BCUT2D eigenvalue weighted by Gasteiger charge is 2.12. The summed E-state index contributed by atoms with van der Waals surface area (Å²) in [6.07, 6.45) is 4.38. The molecule has 0 spiro atoms. The van der Waals surface area contributed by atoms with E-state index in [1.54, 1.807) is 6.07 Å². The predicted molar refractivity (Wildman–Crippen MR) is 65.6 cm³/mol. The molecule has 0 bridgehead atoms. The molecule has 0 amide bonds. The van der Waals surface area contributed by atoms with E-state index in [4.69, 9.17) is 9.84 Å². The van der Waals surface area contributed by atoms with Crippen LogP contribution in [-0.2, 0) is 0 Å². The summed E-state index contributed by atoms with van der Waals surface area (Å²) >= 11 is 0. The third-order valence-corrected chi connectivity index (χ3v) is 2.47. The van der Waals surface area contributed by atoms with Crippen molar-refractivity contribution in [2.45, 2.75) is 39.5 Å². The number of aromatic carboxylic acids is 1. The first-order valence-corrected chi connectivity index (χ1v) is 5.99. The molecule has 0 saturated carbocycles. The number of nitrogens with zero attached hydrogens (tertiary/aromatic N) is 1. The molecule has 0 aliphatic carbocycles. The van der Waals surface area contributed by atoms with Crippen molar-refractivity contribution in [3.63, 3.8) is 0 Å². The summed E-state index contributed by atoms with van der Waals surface area (Å²) in [4.78, 5) is 15.1. The van der Waals surface area contributed by atoms with Gasteiger partial charge in [-0.25, -0.2) is 9.78 Å². The van der Waals surface area contributed by atoms with Crippen molar-refractivity contribution in [1.82, 2.24) is 4.98 Å². The molecule has 0 fully saturated rings. The van der Waals surface area contributed by atoms with Gasteiger partial charge < -0.3 is 9.84 Å². The van der Waals surface area contributed by atoms with Crippen molar-refractivity contribution in [1.29, 1.82) is 0 Å². The highest BCUT2D eigenvalue weighted by molar-refractivity contribution is 5.90. The van der Waals surface area contributed by atoms with E-state index in [9.17, 15) is 4.79 Å². The molecule has 1 rings (SSSR count). The van der Waals surface area contributed by atoms with Gasteiger partial charge in [-0.1, -0.05) is 26.2 Å². The predicted octanol–water partition coefficient (Wildman–Crippen LogP) is 3.05. The van der Waals surface area contributed by atoms with Crippen LogP contribution in [0.1, 0.15) is 48.7 Å². The zero-order valence-corrected chi connectivity index (χ0v) is 10.4. The smallest absolute Gasteiger partial charge is 0.341 e. The number of ether oxygens (including phenoxy) is 1. The molecule has 0 aliphatic heterocycles. The van der Waals surface area contributed by atoms with Crippen molar-refractivity contribution in [3.05, 3.63) is 23.4 Å². The van der Waals surface area contributed by atoms with Gasteiger partial charge in [0.25, 0.3) is 0 Å². The lowest BCUT2D eigenvalue weighted by Crippen LogP contribution is -2.07. The normalized spacial score (nSPS) is 10.2. The van der Waals surface area contributed by atoms with E-state index < -0.39 is 5.97 Å². The number of aryl methyl sites for hydroxylation is 1. The number of hydrogen-bond acceptors (Lipinski definition) is 3. The molecular weight excluding hydrogens is 218 g/mol. The average Bonchev–Trinajstić information content (AvgIpc) is 2.28. The molecule has 0 unspecified atom stereocenters. The third kappa shape index (κ3) is 4.43. The molecule has 1 aromatic rings. The van der Waals surface area contributed by atoms with Gasteiger partial charge in [-0.3, -0.25) is 0 Å². The highest BCUT2D eigenvalue weighted by atomic mass is 16.5. The van der Waals surface area contributed by atoms with E-state index >= 15 is 0 Å². The van der Waals surface area contributed by atoms with Crippen LogP contribution in [0, 0.1) is 6.92 Å². The highest BCUT2D eigenvalue weighted by Crippen LogP contribution is 2.16. The van der Waals surface area contributed by atoms with Crippen LogP contribution in [-0.4, -0.2) is 22.7 Å². The number of aromatic nitrogens is 1. The Hall–Kier alpha value is -1.58.